The summed E-state index contributed by atoms with van der Waals surface area (Å²) in [6.45, 7) is 4.32. The Hall–Kier alpha value is -0.450. The fourth-order valence-corrected chi connectivity index (χ4v) is 2.89. The molecule has 1 saturated heterocycles. The van der Waals surface area contributed by atoms with Gasteiger partial charge in [-0.1, -0.05) is 0 Å². The van der Waals surface area contributed by atoms with E-state index in [9.17, 15) is 0 Å². The minimum absolute atomic E-state index is 0.0686. The lowest BCUT2D eigenvalue weighted by Gasteiger charge is -2.06. The molecule has 0 spiro atoms. The maximum Gasteiger partial charge on any atom is 0.0973 e. The van der Waals surface area contributed by atoms with Crippen LogP contribution >= 0.6 is 11.3 Å². The number of hydrogen-bond donors (Lipinski definition) is 1. The average Bonchev–Trinajstić information content (AvgIpc) is 2.70. The predicted octanol–water partition coefficient (Wildman–Crippen LogP) is 1.58. The molecule has 1 aliphatic heterocycles. The van der Waals surface area contributed by atoms with Crippen LogP contribution in [0, 0.1) is 0 Å². The van der Waals surface area contributed by atoms with Crippen LogP contribution in [-0.4, -0.2) is 30.0 Å². The summed E-state index contributed by atoms with van der Waals surface area (Å²) in [5, 5.41) is 3.36. The molecule has 0 saturated carbocycles. The van der Waals surface area contributed by atoms with Crippen molar-refractivity contribution >= 4 is 11.3 Å². The van der Waals surface area contributed by atoms with Gasteiger partial charge in [0.05, 0.1) is 10.7 Å². The molecule has 0 aromatic carbocycles. The van der Waals surface area contributed by atoms with E-state index in [1.54, 1.807) is 11.3 Å². The van der Waals surface area contributed by atoms with Crippen molar-refractivity contribution < 1.29 is 0 Å². The third-order valence-electron chi connectivity index (χ3n) is 2.75. The Morgan fingerprint density at radius 1 is 1.71 bits per heavy atom. The van der Waals surface area contributed by atoms with Crippen molar-refractivity contribution in [3.8, 4) is 0 Å². The van der Waals surface area contributed by atoms with Gasteiger partial charge < -0.3 is 10.6 Å². The zero-order valence-corrected chi connectivity index (χ0v) is 9.55. The van der Waals surface area contributed by atoms with Gasteiger partial charge >= 0.3 is 0 Å². The van der Waals surface area contributed by atoms with Crippen LogP contribution in [0.3, 0.4) is 0 Å². The average molecular weight is 211 g/mol. The van der Waals surface area contributed by atoms with Crippen LogP contribution in [0.25, 0.3) is 0 Å². The third-order valence-corrected chi connectivity index (χ3v) is 3.77. The summed E-state index contributed by atoms with van der Waals surface area (Å²) >= 11 is 1.76. The van der Waals surface area contributed by atoms with Crippen molar-refractivity contribution in [3.05, 3.63) is 16.1 Å². The first-order valence-electron chi connectivity index (χ1n) is 5.06. The number of thiazole rings is 1. The van der Waals surface area contributed by atoms with Gasteiger partial charge in [0.15, 0.2) is 0 Å². The minimum atomic E-state index is 0.0686. The Kier molecular flexibility index (Phi) is 2.85. The molecule has 2 rings (SSSR count). The third kappa shape index (κ3) is 1.97. The van der Waals surface area contributed by atoms with E-state index in [0.29, 0.717) is 5.92 Å². The van der Waals surface area contributed by atoms with Crippen molar-refractivity contribution in [3.63, 3.8) is 0 Å². The molecule has 0 radical (unpaired) electrons. The molecule has 0 aliphatic carbocycles. The van der Waals surface area contributed by atoms with E-state index >= 15 is 0 Å². The first kappa shape index (κ1) is 10.1. The second-order valence-corrected chi connectivity index (χ2v) is 5.04. The monoisotopic (exact) mass is 211 g/mol. The van der Waals surface area contributed by atoms with Crippen LogP contribution < -0.4 is 5.73 Å². The van der Waals surface area contributed by atoms with Gasteiger partial charge in [-0.2, -0.15) is 0 Å². The Labute approximate surface area is 88.9 Å². The van der Waals surface area contributed by atoms with Gasteiger partial charge in [-0.15, -0.1) is 11.3 Å². The topological polar surface area (TPSA) is 42.1 Å². The van der Waals surface area contributed by atoms with Crippen LogP contribution in [0.5, 0.6) is 0 Å². The highest BCUT2D eigenvalue weighted by Crippen LogP contribution is 2.29. The molecule has 2 atom stereocenters. The first-order chi connectivity index (χ1) is 6.66. The molecular formula is C10H17N3S. The minimum Gasteiger partial charge on any atom is -0.323 e. The van der Waals surface area contributed by atoms with Gasteiger partial charge in [-0.3, -0.25) is 0 Å². The van der Waals surface area contributed by atoms with Crippen molar-refractivity contribution in [1.29, 1.82) is 0 Å². The molecule has 0 amide bonds. The molecule has 78 valence electrons. The molecule has 2 N–H and O–H groups in total. The van der Waals surface area contributed by atoms with E-state index in [1.165, 1.54) is 18.0 Å². The number of rotatable bonds is 2. The van der Waals surface area contributed by atoms with E-state index in [-0.39, 0.29) is 6.04 Å². The summed E-state index contributed by atoms with van der Waals surface area (Å²) in [4.78, 5) is 6.95. The smallest absolute Gasteiger partial charge is 0.0973 e. The zero-order valence-electron chi connectivity index (χ0n) is 8.73. The molecule has 1 aliphatic rings. The van der Waals surface area contributed by atoms with Crippen molar-refractivity contribution in [1.82, 2.24) is 9.88 Å². The number of likely N-dealkylation sites (tertiary alicyclic amines) is 1. The zero-order chi connectivity index (χ0) is 10.1. The van der Waals surface area contributed by atoms with Crippen molar-refractivity contribution in [2.75, 3.05) is 20.1 Å². The number of nitrogens with two attached hydrogens (primary N) is 1. The summed E-state index contributed by atoms with van der Waals surface area (Å²) in [6.07, 6.45) is 1.24. The van der Waals surface area contributed by atoms with Gasteiger partial charge in [-0.05, 0) is 26.9 Å². The highest BCUT2D eigenvalue weighted by molar-refractivity contribution is 7.09. The van der Waals surface area contributed by atoms with Crippen molar-refractivity contribution in [2.24, 2.45) is 5.73 Å². The van der Waals surface area contributed by atoms with Gasteiger partial charge in [-0.25, -0.2) is 4.98 Å². The standard InChI is InChI=1S/C10H17N3S/c1-7(11)9-6-14-10(12-9)8-3-4-13(2)5-8/h6-8H,3-5,11H2,1-2H3. The Bertz CT molecular complexity index is 308. The van der Waals surface area contributed by atoms with Crippen LogP contribution in [0.4, 0.5) is 0 Å². The van der Waals surface area contributed by atoms with Crippen LogP contribution in [0.1, 0.15) is 36.0 Å². The van der Waals surface area contributed by atoms with E-state index in [4.69, 9.17) is 5.73 Å². The fraction of sp³-hybridized carbons (Fsp3) is 0.700. The molecular weight excluding hydrogens is 194 g/mol. The van der Waals surface area contributed by atoms with Gasteiger partial charge in [0.2, 0.25) is 0 Å². The van der Waals surface area contributed by atoms with E-state index in [0.717, 1.165) is 12.2 Å². The number of aromatic nitrogens is 1. The Morgan fingerprint density at radius 3 is 3.00 bits per heavy atom. The summed E-state index contributed by atoms with van der Waals surface area (Å²) in [5.74, 6) is 0.637. The predicted molar refractivity (Wildman–Crippen MR) is 59.6 cm³/mol. The lowest BCUT2D eigenvalue weighted by atomic mass is 10.1. The van der Waals surface area contributed by atoms with Crippen LogP contribution in [0.15, 0.2) is 5.38 Å². The van der Waals surface area contributed by atoms with Crippen LogP contribution in [-0.2, 0) is 0 Å². The molecule has 2 unspecified atom stereocenters. The number of hydrogen-bond acceptors (Lipinski definition) is 4. The molecule has 1 aromatic rings. The maximum absolute atomic E-state index is 5.79. The van der Waals surface area contributed by atoms with Crippen molar-refractivity contribution in [2.45, 2.75) is 25.3 Å². The van der Waals surface area contributed by atoms with Gasteiger partial charge in [0.25, 0.3) is 0 Å². The summed E-state index contributed by atoms with van der Waals surface area (Å²) in [6, 6.07) is 0.0686. The molecule has 0 bridgehead atoms. The molecule has 4 heteroatoms. The second kappa shape index (κ2) is 3.96. The van der Waals surface area contributed by atoms with E-state index in [1.807, 2.05) is 6.92 Å². The highest BCUT2D eigenvalue weighted by Gasteiger charge is 2.23. The summed E-state index contributed by atoms with van der Waals surface area (Å²) < 4.78 is 0. The van der Waals surface area contributed by atoms with Gasteiger partial charge in [0.1, 0.15) is 0 Å². The lowest BCUT2D eigenvalue weighted by molar-refractivity contribution is 0.411. The molecule has 3 nitrogen and oxygen atoms in total. The molecule has 1 fully saturated rings. The number of nitrogens with zero attached hydrogens (tertiary/aromatic N) is 2. The lowest BCUT2D eigenvalue weighted by Crippen LogP contribution is -2.13. The quantitative estimate of drug-likeness (QED) is 0.807. The van der Waals surface area contributed by atoms with E-state index in [2.05, 4.69) is 22.3 Å². The molecule has 14 heavy (non-hydrogen) atoms. The SMILES string of the molecule is CC(N)c1csc(C2CCN(C)C2)n1. The first-order valence-corrected chi connectivity index (χ1v) is 5.94. The Balaban J connectivity index is 2.09. The summed E-state index contributed by atoms with van der Waals surface area (Å²) in [7, 11) is 2.17. The molecule has 2 heterocycles. The number of likely N-dealkylation sites (N-methyl/N-ethyl adjacent to an activating group) is 1. The summed E-state index contributed by atoms with van der Waals surface area (Å²) in [5.41, 5.74) is 6.83. The Morgan fingerprint density at radius 2 is 2.50 bits per heavy atom. The maximum atomic E-state index is 5.79. The van der Waals surface area contributed by atoms with Gasteiger partial charge in [0, 0.05) is 23.9 Å². The van der Waals surface area contributed by atoms with Crippen LogP contribution in [0.2, 0.25) is 0 Å². The fourth-order valence-electron chi connectivity index (χ4n) is 1.83. The molecule has 1 aromatic heterocycles. The largest absolute Gasteiger partial charge is 0.323 e. The highest BCUT2D eigenvalue weighted by atomic mass is 32.1. The van der Waals surface area contributed by atoms with E-state index < -0.39 is 0 Å². The normalized spacial score (nSPS) is 25.5. The second-order valence-electron chi connectivity index (χ2n) is 4.15.